The second-order valence-corrected chi connectivity index (χ2v) is 9.65. The zero-order valence-electron chi connectivity index (χ0n) is 18.1. The predicted molar refractivity (Wildman–Crippen MR) is 123 cm³/mol. The number of rotatable bonds is 9. The Kier molecular flexibility index (Phi) is 8.07. The number of H-pyrrole nitrogens is 1. The third-order valence-corrected chi connectivity index (χ3v) is 7.10. The molecule has 3 aromatic rings. The van der Waals surface area contributed by atoms with Gasteiger partial charge < -0.3 is 4.74 Å². The topological polar surface area (TPSA) is 151 Å². The van der Waals surface area contributed by atoms with E-state index in [4.69, 9.17) is 21.5 Å². The molecule has 3 rings (SSSR count). The average Bonchev–Trinajstić information content (AvgIpc) is 2.82. The Labute approximate surface area is 203 Å². The van der Waals surface area contributed by atoms with Crippen molar-refractivity contribution in [2.45, 2.75) is 23.9 Å². The summed E-state index contributed by atoms with van der Waals surface area (Å²) < 4.78 is 46.3. The highest BCUT2D eigenvalue weighted by atomic mass is 35.5. The van der Waals surface area contributed by atoms with Crippen molar-refractivity contribution in [1.82, 2.24) is 19.3 Å². The van der Waals surface area contributed by atoms with Crippen LogP contribution in [0.5, 0.6) is 11.5 Å². The summed E-state index contributed by atoms with van der Waals surface area (Å²) in [4.78, 5) is 38.3. The molecular weight excluding hydrogens is 507 g/mol. The van der Waals surface area contributed by atoms with Crippen molar-refractivity contribution in [3.8, 4) is 11.5 Å². The lowest BCUT2D eigenvalue weighted by Crippen LogP contribution is -2.48. The van der Waals surface area contributed by atoms with Crippen LogP contribution in [0.2, 0.25) is 5.15 Å². The minimum atomic E-state index is -4.26. The summed E-state index contributed by atoms with van der Waals surface area (Å²) in [6, 6.07) is 9.95. The summed E-state index contributed by atoms with van der Waals surface area (Å²) in [6.45, 7) is -0.340. The van der Waals surface area contributed by atoms with Gasteiger partial charge in [0.2, 0.25) is 10.0 Å². The maximum absolute atomic E-state index is 13.1. The first-order valence-electron chi connectivity index (χ1n) is 9.98. The highest BCUT2D eigenvalue weighted by Gasteiger charge is 2.33. The fraction of sp³-hybridized carbons (Fsp3) is 0.190. The molecule has 14 heteroatoms. The van der Waals surface area contributed by atoms with Gasteiger partial charge in [-0.05, 0) is 55.0 Å². The normalized spacial score (nSPS) is 12.4. The lowest BCUT2D eigenvalue weighted by Gasteiger charge is -2.26. The molecule has 2 aromatic carbocycles. The molecule has 0 saturated heterocycles. The number of carbonyl (C=O) groups excluding carboxylic acids is 1. The first-order valence-corrected chi connectivity index (χ1v) is 11.8. The van der Waals surface area contributed by atoms with E-state index in [1.165, 1.54) is 54.0 Å². The number of hydrogen-bond donors (Lipinski definition) is 3. The van der Waals surface area contributed by atoms with Crippen molar-refractivity contribution in [2.75, 3.05) is 7.05 Å². The summed E-state index contributed by atoms with van der Waals surface area (Å²) in [6.07, 6.45) is -0.321. The Bertz CT molecular complexity index is 1390. The second kappa shape index (κ2) is 10.8. The van der Waals surface area contributed by atoms with Crippen LogP contribution >= 0.6 is 11.6 Å². The van der Waals surface area contributed by atoms with Crippen molar-refractivity contribution in [3.05, 3.63) is 86.4 Å². The van der Waals surface area contributed by atoms with Crippen molar-refractivity contribution in [3.63, 3.8) is 0 Å². The molecule has 11 nitrogen and oxygen atoms in total. The second-order valence-electron chi connectivity index (χ2n) is 7.24. The van der Waals surface area contributed by atoms with E-state index in [9.17, 15) is 27.2 Å². The van der Waals surface area contributed by atoms with Gasteiger partial charge in [-0.15, -0.1) is 0 Å². The molecule has 3 N–H and O–H groups in total. The number of amides is 1. The van der Waals surface area contributed by atoms with Gasteiger partial charge >= 0.3 is 5.69 Å². The number of hydroxylamine groups is 1. The molecule has 0 bridgehead atoms. The van der Waals surface area contributed by atoms with Crippen LogP contribution in [-0.2, 0) is 21.4 Å². The number of aromatic nitrogens is 2. The molecule has 1 atom stereocenters. The third-order valence-electron chi connectivity index (χ3n) is 5.02. The Morgan fingerprint density at radius 3 is 2.29 bits per heavy atom. The zero-order valence-corrected chi connectivity index (χ0v) is 19.7. The monoisotopic (exact) mass is 526 g/mol. The Morgan fingerprint density at radius 2 is 1.74 bits per heavy atom. The summed E-state index contributed by atoms with van der Waals surface area (Å²) in [5, 5.41) is 8.94. The summed E-state index contributed by atoms with van der Waals surface area (Å²) in [5.74, 6) is -0.880. The highest BCUT2D eigenvalue weighted by molar-refractivity contribution is 7.89. The molecule has 1 heterocycles. The Hall–Kier alpha value is -3.52. The molecule has 186 valence electrons. The lowest BCUT2D eigenvalue weighted by molar-refractivity contribution is -0.133. The number of halogens is 2. The average molecular weight is 527 g/mol. The van der Waals surface area contributed by atoms with Gasteiger partial charge in [0.25, 0.3) is 11.5 Å². The SMILES string of the molecule is CN(C(CCn1c(=O)cc(Cl)[nH]c1=O)C(=O)NO)S(=O)(=O)c1ccc(Oc2ccc(F)cc2)cc1. The molecule has 1 amide bonds. The van der Waals surface area contributed by atoms with Crippen LogP contribution in [0.1, 0.15) is 6.42 Å². The molecule has 35 heavy (non-hydrogen) atoms. The van der Waals surface area contributed by atoms with E-state index in [0.29, 0.717) is 10.1 Å². The number of sulfonamides is 1. The van der Waals surface area contributed by atoms with E-state index in [1.807, 2.05) is 0 Å². The number of carbonyl (C=O) groups is 1. The van der Waals surface area contributed by atoms with E-state index in [-0.39, 0.29) is 28.8 Å². The van der Waals surface area contributed by atoms with Gasteiger partial charge in [-0.25, -0.2) is 23.1 Å². The largest absolute Gasteiger partial charge is 0.457 e. The standard InChI is InChI=1S/C21H20ClFN4O7S/c1-26(17(20(29)25-31)10-11-27-19(28)12-18(22)24-21(27)30)35(32,33)16-8-6-15(7-9-16)34-14-4-2-13(23)3-5-14/h2-9,12,17,31H,10-11H2,1H3,(H,24,30)(H,25,29). The minimum Gasteiger partial charge on any atom is -0.457 e. The Balaban J connectivity index is 1.80. The maximum atomic E-state index is 13.1. The molecule has 0 aliphatic rings. The van der Waals surface area contributed by atoms with Crippen molar-refractivity contribution < 1.29 is 27.5 Å². The molecule has 1 unspecified atom stereocenters. The molecule has 0 radical (unpaired) electrons. The van der Waals surface area contributed by atoms with Gasteiger partial charge in [0, 0.05) is 19.7 Å². The van der Waals surface area contributed by atoms with Crippen molar-refractivity contribution in [2.24, 2.45) is 0 Å². The van der Waals surface area contributed by atoms with Crippen molar-refractivity contribution >= 4 is 27.5 Å². The lowest BCUT2D eigenvalue weighted by atomic mass is 10.2. The van der Waals surface area contributed by atoms with Crippen LogP contribution < -0.4 is 21.5 Å². The number of benzene rings is 2. The van der Waals surface area contributed by atoms with E-state index < -0.39 is 39.0 Å². The van der Waals surface area contributed by atoms with Gasteiger partial charge in [-0.1, -0.05) is 11.6 Å². The van der Waals surface area contributed by atoms with Gasteiger partial charge in [-0.3, -0.25) is 24.3 Å². The van der Waals surface area contributed by atoms with Crippen LogP contribution in [0.15, 0.2) is 69.1 Å². The summed E-state index contributed by atoms with van der Waals surface area (Å²) in [7, 11) is -3.14. The first-order chi connectivity index (χ1) is 16.5. The molecule has 0 saturated carbocycles. The molecule has 0 fully saturated rings. The van der Waals surface area contributed by atoms with Crippen LogP contribution in [0.4, 0.5) is 4.39 Å². The summed E-state index contributed by atoms with van der Waals surface area (Å²) in [5.41, 5.74) is -0.188. The number of aromatic amines is 1. The van der Waals surface area contributed by atoms with Gasteiger partial charge in [-0.2, -0.15) is 4.31 Å². The van der Waals surface area contributed by atoms with E-state index in [0.717, 1.165) is 17.7 Å². The number of ether oxygens (including phenoxy) is 1. The molecular formula is C21H20ClFN4O7S. The summed E-state index contributed by atoms with van der Waals surface area (Å²) >= 11 is 5.62. The van der Waals surface area contributed by atoms with Gasteiger partial charge in [0.15, 0.2) is 0 Å². The Morgan fingerprint density at radius 1 is 1.17 bits per heavy atom. The fourth-order valence-electron chi connectivity index (χ4n) is 3.16. The number of hydrogen-bond acceptors (Lipinski definition) is 7. The quantitative estimate of drug-likeness (QED) is 0.218. The number of likely N-dealkylation sites (N-methyl/N-ethyl adjacent to an activating group) is 1. The van der Waals surface area contributed by atoms with Gasteiger partial charge in [0.1, 0.15) is 28.5 Å². The molecule has 1 aromatic heterocycles. The van der Waals surface area contributed by atoms with Crippen LogP contribution in [-0.4, -0.2) is 46.5 Å². The third kappa shape index (κ3) is 6.14. The van der Waals surface area contributed by atoms with E-state index in [2.05, 4.69) is 4.98 Å². The number of nitrogens with one attached hydrogen (secondary N) is 2. The molecule has 0 aliphatic heterocycles. The number of nitrogens with zero attached hydrogens (tertiary/aromatic N) is 2. The van der Waals surface area contributed by atoms with E-state index in [1.54, 1.807) is 0 Å². The van der Waals surface area contributed by atoms with Crippen LogP contribution in [0.25, 0.3) is 0 Å². The van der Waals surface area contributed by atoms with Crippen LogP contribution in [0.3, 0.4) is 0 Å². The van der Waals surface area contributed by atoms with Gasteiger partial charge in [0.05, 0.1) is 4.90 Å². The first kappa shape index (κ1) is 26.1. The molecule has 0 spiro atoms. The predicted octanol–water partition coefficient (Wildman–Crippen LogP) is 1.71. The molecule has 0 aliphatic carbocycles. The highest BCUT2D eigenvalue weighted by Crippen LogP contribution is 2.25. The maximum Gasteiger partial charge on any atom is 0.329 e. The van der Waals surface area contributed by atoms with E-state index >= 15 is 0 Å². The van der Waals surface area contributed by atoms with Crippen molar-refractivity contribution in [1.29, 1.82) is 0 Å². The smallest absolute Gasteiger partial charge is 0.329 e. The zero-order chi connectivity index (χ0) is 25.8. The minimum absolute atomic E-state index is 0.174. The van der Waals surface area contributed by atoms with Crippen LogP contribution in [0, 0.1) is 5.82 Å². The fourth-order valence-corrected chi connectivity index (χ4v) is 4.68.